The highest BCUT2D eigenvalue weighted by molar-refractivity contribution is 6.02. The first-order valence-corrected chi connectivity index (χ1v) is 8.91. The van der Waals surface area contributed by atoms with Crippen molar-refractivity contribution in [1.82, 2.24) is 15.2 Å². The number of carbonyl (C=O) groups is 1. The third-order valence-corrected chi connectivity index (χ3v) is 4.85. The molecule has 1 aliphatic rings. The summed E-state index contributed by atoms with van der Waals surface area (Å²) in [5.41, 5.74) is 1.30. The normalized spacial score (nSPS) is 18.4. The second-order valence-electron chi connectivity index (χ2n) is 6.65. The van der Waals surface area contributed by atoms with Gasteiger partial charge in [0.25, 0.3) is 0 Å². The molecule has 2 atom stereocenters. The number of rotatable bonds is 4. The fourth-order valence-electron chi connectivity index (χ4n) is 3.32. The molecule has 3 aromatic rings. The molecule has 0 bridgehead atoms. The van der Waals surface area contributed by atoms with E-state index in [1.165, 1.54) is 13.2 Å². The highest BCUT2D eigenvalue weighted by Gasteiger charge is 2.24. The number of H-pyrrole nitrogens is 1. The van der Waals surface area contributed by atoms with E-state index in [9.17, 15) is 9.18 Å². The van der Waals surface area contributed by atoms with Gasteiger partial charge in [0.15, 0.2) is 5.82 Å². The SMILES string of the molecule is COc1cccc(F)c1-c1cc2c(NC(=O)C3C=CC=CC3C)n[nH]c2cn1. The summed E-state index contributed by atoms with van der Waals surface area (Å²) >= 11 is 0. The van der Waals surface area contributed by atoms with E-state index in [1.807, 2.05) is 31.2 Å². The van der Waals surface area contributed by atoms with Gasteiger partial charge in [-0.25, -0.2) is 4.39 Å². The van der Waals surface area contributed by atoms with Crippen LogP contribution >= 0.6 is 0 Å². The Balaban J connectivity index is 1.71. The molecule has 142 valence electrons. The third-order valence-electron chi connectivity index (χ3n) is 4.85. The molecule has 0 saturated carbocycles. The molecule has 2 N–H and O–H groups in total. The summed E-state index contributed by atoms with van der Waals surface area (Å²) in [6.07, 6.45) is 9.20. The molecule has 2 unspecified atom stereocenters. The number of benzene rings is 1. The molecule has 1 amide bonds. The van der Waals surface area contributed by atoms with Gasteiger partial charge in [-0.1, -0.05) is 37.3 Å². The number of nitrogens with one attached hydrogen (secondary N) is 2. The molecular formula is C21H19FN4O2. The van der Waals surface area contributed by atoms with Gasteiger partial charge in [0, 0.05) is 5.39 Å². The third kappa shape index (κ3) is 3.15. The van der Waals surface area contributed by atoms with Crippen LogP contribution in [0.1, 0.15) is 6.92 Å². The Morgan fingerprint density at radius 3 is 2.89 bits per heavy atom. The molecule has 2 aromatic heterocycles. The number of amides is 1. The summed E-state index contributed by atoms with van der Waals surface area (Å²) in [5, 5.41) is 10.5. The van der Waals surface area contributed by atoms with Gasteiger partial charge in [0.1, 0.15) is 11.6 Å². The number of hydrogen-bond donors (Lipinski definition) is 2. The fourth-order valence-corrected chi connectivity index (χ4v) is 3.32. The minimum Gasteiger partial charge on any atom is -0.496 e. The average Bonchev–Trinajstić information content (AvgIpc) is 3.10. The van der Waals surface area contributed by atoms with Crippen LogP contribution in [0, 0.1) is 17.7 Å². The number of halogens is 1. The van der Waals surface area contributed by atoms with Gasteiger partial charge in [-0.2, -0.15) is 5.10 Å². The Labute approximate surface area is 161 Å². The highest BCUT2D eigenvalue weighted by atomic mass is 19.1. The highest BCUT2D eigenvalue weighted by Crippen LogP contribution is 2.34. The van der Waals surface area contributed by atoms with E-state index in [0.717, 1.165) is 0 Å². The van der Waals surface area contributed by atoms with Gasteiger partial charge in [-0.3, -0.25) is 14.9 Å². The number of carbonyl (C=O) groups excluding carboxylic acids is 1. The van der Waals surface area contributed by atoms with Crippen LogP contribution in [0.2, 0.25) is 0 Å². The number of ether oxygens (including phenoxy) is 1. The van der Waals surface area contributed by atoms with Crippen molar-refractivity contribution in [1.29, 1.82) is 0 Å². The number of pyridine rings is 1. The summed E-state index contributed by atoms with van der Waals surface area (Å²) < 4.78 is 19.7. The van der Waals surface area contributed by atoms with E-state index in [-0.39, 0.29) is 23.3 Å². The molecule has 0 fully saturated rings. The number of anilines is 1. The van der Waals surface area contributed by atoms with Crippen LogP contribution in [0.5, 0.6) is 5.75 Å². The second-order valence-corrected chi connectivity index (χ2v) is 6.65. The lowest BCUT2D eigenvalue weighted by Crippen LogP contribution is -2.26. The number of nitrogens with zero attached hydrogens (tertiary/aromatic N) is 2. The number of hydrogen-bond acceptors (Lipinski definition) is 4. The maximum atomic E-state index is 14.4. The average molecular weight is 378 g/mol. The topological polar surface area (TPSA) is 79.9 Å². The Kier molecular flexibility index (Phi) is 4.65. The van der Waals surface area contributed by atoms with Crippen molar-refractivity contribution in [3.8, 4) is 17.0 Å². The lowest BCUT2D eigenvalue weighted by molar-refractivity contribution is -0.119. The van der Waals surface area contributed by atoms with Crippen LogP contribution < -0.4 is 10.1 Å². The van der Waals surface area contributed by atoms with Gasteiger partial charge >= 0.3 is 0 Å². The van der Waals surface area contributed by atoms with Gasteiger partial charge in [0.05, 0.1) is 36.0 Å². The monoisotopic (exact) mass is 378 g/mol. The second kappa shape index (κ2) is 7.26. The molecule has 1 aliphatic carbocycles. The maximum absolute atomic E-state index is 14.4. The van der Waals surface area contributed by atoms with Crippen LogP contribution in [-0.2, 0) is 4.79 Å². The number of methoxy groups -OCH3 is 1. The molecular weight excluding hydrogens is 359 g/mol. The molecule has 1 aromatic carbocycles. The first kappa shape index (κ1) is 17.9. The van der Waals surface area contributed by atoms with Crippen LogP contribution in [0.3, 0.4) is 0 Å². The van der Waals surface area contributed by atoms with E-state index in [0.29, 0.717) is 28.2 Å². The minimum absolute atomic E-state index is 0.0927. The lowest BCUT2D eigenvalue weighted by atomic mass is 9.89. The minimum atomic E-state index is -0.437. The van der Waals surface area contributed by atoms with Crippen molar-refractivity contribution in [2.45, 2.75) is 6.92 Å². The summed E-state index contributed by atoms with van der Waals surface area (Å²) in [5.74, 6) is -0.000562. The Morgan fingerprint density at radius 2 is 2.11 bits per heavy atom. The molecule has 0 radical (unpaired) electrons. The molecule has 0 spiro atoms. The van der Waals surface area contributed by atoms with E-state index in [2.05, 4.69) is 20.5 Å². The predicted octanol–water partition coefficient (Wildman–Crippen LogP) is 4.09. The Bertz CT molecular complexity index is 1100. The van der Waals surface area contributed by atoms with Crippen LogP contribution in [0.25, 0.3) is 22.2 Å². The van der Waals surface area contributed by atoms with Crippen molar-refractivity contribution in [3.05, 3.63) is 60.6 Å². The number of allylic oxidation sites excluding steroid dienone is 3. The van der Waals surface area contributed by atoms with Crippen molar-refractivity contribution < 1.29 is 13.9 Å². The van der Waals surface area contributed by atoms with Crippen molar-refractivity contribution in [2.75, 3.05) is 12.4 Å². The van der Waals surface area contributed by atoms with Gasteiger partial charge in [0.2, 0.25) is 5.91 Å². The Morgan fingerprint density at radius 1 is 1.29 bits per heavy atom. The van der Waals surface area contributed by atoms with E-state index >= 15 is 0 Å². The zero-order valence-corrected chi connectivity index (χ0v) is 15.4. The standard InChI is InChI=1S/C21H19FN4O2/c1-12-6-3-4-7-13(12)21(27)24-20-14-10-16(23-11-17(14)25-26-20)19-15(22)8-5-9-18(19)28-2/h3-13H,1-2H3,(H2,24,25,26,27). The summed E-state index contributed by atoms with van der Waals surface area (Å²) in [6.45, 7) is 1.99. The molecule has 28 heavy (non-hydrogen) atoms. The molecule has 0 saturated heterocycles. The van der Waals surface area contributed by atoms with Crippen molar-refractivity contribution >= 4 is 22.6 Å². The zero-order valence-electron chi connectivity index (χ0n) is 15.4. The van der Waals surface area contributed by atoms with Gasteiger partial charge in [-0.05, 0) is 24.1 Å². The van der Waals surface area contributed by atoms with Gasteiger partial charge in [-0.15, -0.1) is 0 Å². The molecule has 0 aliphatic heterocycles. The maximum Gasteiger partial charge on any atom is 0.233 e. The largest absolute Gasteiger partial charge is 0.496 e. The van der Waals surface area contributed by atoms with Crippen molar-refractivity contribution in [2.24, 2.45) is 11.8 Å². The predicted molar refractivity (Wildman–Crippen MR) is 105 cm³/mol. The van der Waals surface area contributed by atoms with Crippen LogP contribution in [-0.4, -0.2) is 28.2 Å². The van der Waals surface area contributed by atoms with Crippen LogP contribution in [0.15, 0.2) is 54.8 Å². The van der Waals surface area contributed by atoms with Crippen LogP contribution in [0.4, 0.5) is 10.2 Å². The van der Waals surface area contributed by atoms with Crippen molar-refractivity contribution in [3.63, 3.8) is 0 Å². The van der Waals surface area contributed by atoms with E-state index in [4.69, 9.17) is 4.74 Å². The first-order valence-electron chi connectivity index (χ1n) is 8.91. The zero-order chi connectivity index (χ0) is 19.7. The number of aromatic amines is 1. The molecule has 2 heterocycles. The molecule has 4 rings (SSSR count). The number of aromatic nitrogens is 3. The molecule has 7 heteroatoms. The summed E-state index contributed by atoms with van der Waals surface area (Å²) in [6, 6.07) is 6.29. The summed E-state index contributed by atoms with van der Waals surface area (Å²) in [7, 11) is 1.48. The summed E-state index contributed by atoms with van der Waals surface area (Å²) in [4.78, 5) is 17.0. The van der Waals surface area contributed by atoms with Gasteiger partial charge < -0.3 is 10.1 Å². The van der Waals surface area contributed by atoms with E-state index < -0.39 is 5.82 Å². The first-order chi connectivity index (χ1) is 13.6. The number of fused-ring (bicyclic) bond motifs is 1. The smallest absolute Gasteiger partial charge is 0.233 e. The quantitative estimate of drug-likeness (QED) is 0.717. The lowest BCUT2D eigenvalue weighted by Gasteiger charge is -2.19. The fraction of sp³-hybridized carbons (Fsp3) is 0.190. The Hall–Kier alpha value is -3.48. The van der Waals surface area contributed by atoms with E-state index in [1.54, 1.807) is 24.4 Å². The molecule has 6 nitrogen and oxygen atoms in total.